The Hall–Kier alpha value is -1.83. The van der Waals surface area contributed by atoms with Crippen molar-refractivity contribution >= 4 is 34.7 Å². The van der Waals surface area contributed by atoms with Gasteiger partial charge < -0.3 is 5.32 Å². The van der Waals surface area contributed by atoms with E-state index in [1.165, 1.54) is 6.20 Å². The van der Waals surface area contributed by atoms with Crippen LogP contribution in [0.2, 0.25) is 10.0 Å². The van der Waals surface area contributed by atoms with Gasteiger partial charge in [0.15, 0.2) is 5.82 Å². The molecule has 2 aromatic rings. The van der Waals surface area contributed by atoms with E-state index < -0.39 is 0 Å². The second kappa shape index (κ2) is 5.21. The molecule has 90 valence electrons. The summed E-state index contributed by atoms with van der Waals surface area (Å²) in [6.45, 7) is 1.86. The molecule has 0 saturated heterocycles. The van der Waals surface area contributed by atoms with Crippen LogP contribution < -0.4 is 5.32 Å². The van der Waals surface area contributed by atoms with Gasteiger partial charge in [-0.25, -0.2) is 0 Å². The zero-order chi connectivity index (χ0) is 13.1. The lowest BCUT2D eigenvalue weighted by Gasteiger charge is -2.09. The van der Waals surface area contributed by atoms with E-state index in [4.69, 9.17) is 28.5 Å². The first kappa shape index (κ1) is 12.6. The maximum atomic E-state index is 8.95. The summed E-state index contributed by atoms with van der Waals surface area (Å²) in [5.41, 5.74) is 1.86. The molecule has 4 nitrogen and oxygen atoms in total. The molecule has 0 spiro atoms. The van der Waals surface area contributed by atoms with E-state index in [9.17, 15) is 0 Å². The number of hydrogen-bond donors (Lipinski definition) is 1. The molecule has 6 heteroatoms. The molecule has 0 fully saturated rings. The SMILES string of the molecule is Cc1cc(Cl)c(Nc2nnccc2C#N)cc1Cl. The van der Waals surface area contributed by atoms with Gasteiger partial charge in [-0.3, -0.25) is 0 Å². The molecule has 0 amide bonds. The minimum atomic E-state index is 0.349. The standard InChI is InChI=1S/C12H8Cl2N4/c1-7-4-10(14)11(5-9(7)13)17-12-8(6-15)2-3-16-18-12/h2-5H,1H3,(H,17,18). The smallest absolute Gasteiger partial charge is 0.171 e. The fourth-order valence-electron chi connectivity index (χ4n) is 1.38. The van der Waals surface area contributed by atoms with Crippen molar-refractivity contribution in [2.24, 2.45) is 0 Å². The second-order valence-electron chi connectivity index (χ2n) is 3.61. The van der Waals surface area contributed by atoms with Gasteiger partial charge in [0, 0.05) is 5.02 Å². The number of hydrogen-bond acceptors (Lipinski definition) is 4. The van der Waals surface area contributed by atoms with Gasteiger partial charge in [0.25, 0.3) is 0 Å². The summed E-state index contributed by atoms with van der Waals surface area (Å²) in [6.07, 6.45) is 1.45. The van der Waals surface area contributed by atoms with Crippen molar-refractivity contribution in [2.75, 3.05) is 5.32 Å². The van der Waals surface area contributed by atoms with E-state index in [1.807, 2.05) is 13.0 Å². The number of nitriles is 1. The number of halogens is 2. The Balaban J connectivity index is 2.41. The Kier molecular flexibility index (Phi) is 3.66. The molecule has 2 rings (SSSR count). The fourth-order valence-corrected chi connectivity index (χ4v) is 1.81. The van der Waals surface area contributed by atoms with Gasteiger partial charge in [-0.2, -0.15) is 10.4 Å². The van der Waals surface area contributed by atoms with Crippen molar-refractivity contribution < 1.29 is 0 Å². The van der Waals surface area contributed by atoms with Gasteiger partial charge in [0.1, 0.15) is 6.07 Å². The summed E-state index contributed by atoms with van der Waals surface area (Å²) in [7, 11) is 0. The molecular weight excluding hydrogens is 271 g/mol. The minimum Gasteiger partial charge on any atom is -0.336 e. The summed E-state index contributed by atoms with van der Waals surface area (Å²) in [5, 5.41) is 20.6. The fraction of sp³-hybridized carbons (Fsp3) is 0.0833. The average molecular weight is 279 g/mol. The van der Waals surface area contributed by atoms with Crippen LogP contribution in [0.25, 0.3) is 0 Å². The molecule has 18 heavy (non-hydrogen) atoms. The lowest BCUT2D eigenvalue weighted by Crippen LogP contribution is -1.99. The largest absolute Gasteiger partial charge is 0.336 e. The normalized spacial score (nSPS) is 9.89. The van der Waals surface area contributed by atoms with Crippen LogP contribution in [0, 0.1) is 18.3 Å². The van der Waals surface area contributed by atoms with Gasteiger partial charge in [0.2, 0.25) is 0 Å². The van der Waals surface area contributed by atoms with Crippen LogP contribution in [-0.4, -0.2) is 10.2 Å². The summed E-state index contributed by atoms with van der Waals surface area (Å²) in [4.78, 5) is 0. The lowest BCUT2D eigenvalue weighted by atomic mass is 10.2. The number of rotatable bonds is 2. The Morgan fingerprint density at radius 3 is 2.78 bits per heavy atom. The van der Waals surface area contributed by atoms with Crippen molar-refractivity contribution in [1.29, 1.82) is 5.26 Å². The molecule has 0 aliphatic rings. The predicted molar refractivity (Wildman–Crippen MR) is 71.2 cm³/mol. The Labute approximate surface area is 114 Å². The molecule has 0 unspecified atom stereocenters. The van der Waals surface area contributed by atoms with E-state index in [2.05, 4.69) is 15.5 Å². The Morgan fingerprint density at radius 1 is 1.28 bits per heavy atom. The highest BCUT2D eigenvalue weighted by molar-refractivity contribution is 6.35. The van der Waals surface area contributed by atoms with E-state index in [-0.39, 0.29) is 0 Å². The first-order valence-electron chi connectivity index (χ1n) is 5.06. The van der Waals surface area contributed by atoms with Crippen LogP contribution in [-0.2, 0) is 0 Å². The van der Waals surface area contributed by atoms with Crippen LogP contribution >= 0.6 is 23.2 Å². The van der Waals surface area contributed by atoms with E-state index in [0.717, 1.165) is 5.56 Å². The van der Waals surface area contributed by atoms with Crippen LogP contribution in [0.15, 0.2) is 24.4 Å². The number of aryl methyl sites for hydroxylation is 1. The molecule has 0 aliphatic heterocycles. The molecule has 1 N–H and O–H groups in total. The zero-order valence-electron chi connectivity index (χ0n) is 9.41. The maximum absolute atomic E-state index is 8.95. The molecule has 0 atom stereocenters. The first-order valence-corrected chi connectivity index (χ1v) is 5.82. The summed E-state index contributed by atoms with van der Waals surface area (Å²) in [6, 6.07) is 7.02. The number of nitrogens with one attached hydrogen (secondary N) is 1. The zero-order valence-corrected chi connectivity index (χ0v) is 10.9. The second-order valence-corrected chi connectivity index (χ2v) is 4.43. The van der Waals surface area contributed by atoms with Crippen LogP contribution in [0.5, 0.6) is 0 Å². The molecule has 0 bridgehead atoms. The van der Waals surface area contributed by atoms with Crippen molar-refractivity contribution in [3.05, 3.63) is 45.6 Å². The van der Waals surface area contributed by atoms with Gasteiger partial charge >= 0.3 is 0 Å². The number of nitrogens with zero attached hydrogens (tertiary/aromatic N) is 3. The molecule has 0 radical (unpaired) electrons. The molecule has 1 aromatic heterocycles. The lowest BCUT2D eigenvalue weighted by molar-refractivity contribution is 1.03. The van der Waals surface area contributed by atoms with E-state index in [1.54, 1.807) is 18.2 Å². The summed E-state index contributed by atoms with van der Waals surface area (Å²) in [5.74, 6) is 0.349. The van der Waals surface area contributed by atoms with Crippen LogP contribution in [0.4, 0.5) is 11.5 Å². The maximum Gasteiger partial charge on any atom is 0.171 e. The van der Waals surface area contributed by atoms with Gasteiger partial charge in [0.05, 0.1) is 22.5 Å². The van der Waals surface area contributed by atoms with Crippen molar-refractivity contribution in [3.63, 3.8) is 0 Å². The highest BCUT2D eigenvalue weighted by Gasteiger charge is 2.08. The Bertz CT molecular complexity index is 634. The third kappa shape index (κ3) is 2.53. The monoisotopic (exact) mass is 278 g/mol. The topological polar surface area (TPSA) is 61.6 Å². The Morgan fingerprint density at radius 2 is 2.06 bits per heavy atom. The highest BCUT2D eigenvalue weighted by atomic mass is 35.5. The molecule has 1 heterocycles. The van der Waals surface area contributed by atoms with Gasteiger partial charge in [-0.15, -0.1) is 5.10 Å². The molecule has 1 aromatic carbocycles. The predicted octanol–water partition coefficient (Wildman–Crippen LogP) is 3.71. The third-order valence-corrected chi connectivity index (χ3v) is 3.06. The number of anilines is 2. The highest BCUT2D eigenvalue weighted by Crippen LogP contribution is 2.31. The van der Waals surface area contributed by atoms with E-state index in [0.29, 0.717) is 27.1 Å². The molecule has 0 saturated carbocycles. The number of aromatic nitrogens is 2. The average Bonchev–Trinajstić information content (AvgIpc) is 2.36. The molecule has 0 aliphatic carbocycles. The number of benzene rings is 1. The summed E-state index contributed by atoms with van der Waals surface area (Å²) < 4.78 is 0. The van der Waals surface area contributed by atoms with Gasteiger partial charge in [-0.05, 0) is 30.7 Å². The molecular formula is C12H8Cl2N4. The van der Waals surface area contributed by atoms with Gasteiger partial charge in [-0.1, -0.05) is 23.2 Å². The van der Waals surface area contributed by atoms with Crippen LogP contribution in [0.1, 0.15) is 11.1 Å². The minimum absolute atomic E-state index is 0.349. The third-order valence-electron chi connectivity index (χ3n) is 2.34. The van der Waals surface area contributed by atoms with Crippen molar-refractivity contribution in [1.82, 2.24) is 10.2 Å². The summed E-state index contributed by atoms with van der Waals surface area (Å²) >= 11 is 12.1. The van der Waals surface area contributed by atoms with Crippen LogP contribution in [0.3, 0.4) is 0 Å². The van der Waals surface area contributed by atoms with E-state index >= 15 is 0 Å². The van der Waals surface area contributed by atoms with Crippen molar-refractivity contribution in [3.8, 4) is 6.07 Å². The first-order chi connectivity index (χ1) is 8.61. The van der Waals surface area contributed by atoms with Crippen molar-refractivity contribution in [2.45, 2.75) is 6.92 Å². The quantitative estimate of drug-likeness (QED) is 0.910.